The molecule has 1 saturated heterocycles. The lowest BCUT2D eigenvalue weighted by Gasteiger charge is -2.20. The average molecular weight is 193 g/mol. The summed E-state index contributed by atoms with van der Waals surface area (Å²) in [6, 6.07) is 0. The van der Waals surface area contributed by atoms with E-state index in [4.69, 9.17) is 0 Å². The molecule has 70 valence electrons. The van der Waals surface area contributed by atoms with Gasteiger partial charge < -0.3 is 5.32 Å². The van der Waals surface area contributed by atoms with Crippen LogP contribution in [0.3, 0.4) is 0 Å². The Bertz CT molecular complexity index is 271. The minimum Gasteiger partial charge on any atom is -0.354 e. The maximum Gasteiger partial charge on any atom is 0.265 e. The van der Waals surface area contributed by atoms with E-state index < -0.39 is 16.2 Å². The van der Waals surface area contributed by atoms with E-state index in [1.165, 1.54) is 0 Å². The lowest BCUT2D eigenvalue weighted by molar-refractivity contribution is -0.129. The highest BCUT2D eigenvalue weighted by molar-refractivity contribution is 7.86. The molecule has 0 aromatic carbocycles. The second-order valence-electron chi connectivity index (χ2n) is 2.72. The topological polar surface area (TPSA) is 72.5 Å². The Kier molecular flexibility index (Phi) is 2.69. The fraction of sp³-hybridized carbons (Fsp3) is 0.833. The summed E-state index contributed by atoms with van der Waals surface area (Å²) in [5.41, 5.74) is 0. The zero-order valence-electron chi connectivity index (χ0n) is 6.74. The summed E-state index contributed by atoms with van der Waals surface area (Å²) in [6.45, 7) is 0.600. The Morgan fingerprint density at radius 3 is 2.75 bits per heavy atom. The average Bonchev–Trinajstić information content (AvgIpc) is 1.91. The van der Waals surface area contributed by atoms with E-state index in [0.29, 0.717) is 13.0 Å². The van der Waals surface area contributed by atoms with Gasteiger partial charge in [0.05, 0.1) is 6.26 Å². The van der Waals surface area contributed by atoms with Crippen LogP contribution in [0, 0.1) is 0 Å². The SMILES string of the molecule is CS(=O)(=O)O[C@H]1CCCNC1=O. The van der Waals surface area contributed by atoms with Crippen LogP contribution in [0.4, 0.5) is 0 Å². The van der Waals surface area contributed by atoms with Crippen molar-refractivity contribution in [2.45, 2.75) is 18.9 Å². The summed E-state index contributed by atoms with van der Waals surface area (Å²) in [6.07, 6.45) is 1.34. The van der Waals surface area contributed by atoms with Crippen molar-refractivity contribution in [2.75, 3.05) is 12.8 Å². The normalized spacial score (nSPS) is 25.1. The highest BCUT2D eigenvalue weighted by Crippen LogP contribution is 2.09. The Morgan fingerprint density at radius 1 is 1.58 bits per heavy atom. The lowest BCUT2D eigenvalue weighted by atomic mass is 10.1. The van der Waals surface area contributed by atoms with E-state index in [2.05, 4.69) is 9.50 Å². The maximum absolute atomic E-state index is 11.0. The number of rotatable bonds is 2. The van der Waals surface area contributed by atoms with E-state index in [-0.39, 0.29) is 5.91 Å². The van der Waals surface area contributed by atoms with E-state index in [1.807, 2.05) is 0 Å². The van der Waals surface area contributed by atoms with E-state index >= 15 is 0 Å². The second kappa shape index (κ2) is 3.40. The quantitative estimate of drug-likeness (QED) is 0.585. The number of hydrogen-bond donors (Lipinski definition) is 1. The minimum absolute atomic E-state index is 0.341. The Morgan fingerprint density at radius 2 is 2.25 bits per heavy atom. The van der Waals surface area contributed by atoms with Gasteiger partial charge >= 0.3 is 0 Å². The predicted octanol–water partition coefficient (Wildman–Crippen LogP) is -0.759. The van der Waals surface area contributed by atoms with Crippen molar-refractivity contribution in [1.29, 1.82) is 0 Å². The minimum atomic E-state index is -3.52. The molecular formula is C6H11NO4S. The van der Waals surface area contributed by atoms with Crippen molar-refractivity contribution < 1.29 is 17.4 Å². The molecule has 1 rings (SSSR count). The van der Waals surface area contributed by atoms with Crippen LogP contribution in [0.1, 0.15) is 12.8 Å². The molecule has 0 unspecified atom stereocenters. The second-order valence-corrected chi connectivity index (χ2v) is 4.32. The number of amides is 1. The zero-order valence-corrected chi connectivity index (χ0v) is 7.56. The van der Waals surface area contributed by atoms with Crippen LogP contribution in [0.25, 0.3) is 0 Å². The highest BCUT2D eigenvalue weighted by atomic mass is 32.2. The molecule has 1 amide bonds. The number of nitrogens with one attached hydrogen (secondary N) is 1. The molecule has 12 heavy (non-hydrogen) atoms. The fourth-order valence-corrected chi connectivity index (χ4v) is 1.65. The van der Waals surface area contributed by atoms with Crippen LogP contribution in [0.5, 0.6) is 0 Å². The first-order chi connectivity index (χ1) is 5.49. The van der Waals surface area contributed by atoms with Crippen molar-refractivity contribution in [3.8, 4) is 0 Å². The Balaban J connectivity index is 2.56. The molecule has 0 spiro atoms. The van der Waals surface area contributed by atoms with Gasteiger partial charge in [0.1, 0.15) is 0 Å². The first-order valence-corrected chi connectivity index (χ1v) is 5.47. The largest absolute Gasteiger partial charge is 0.354 e. The zero-order chi connectivity index (χ0) is 9.19. The molecule has 1 aliphatic rings. The summed E-state index contributed by atoms with van der Waals surface area (Å²) in [7, 11) is -3.52. The van der Waals surface area contributed by atoms with Gasteiger partial charge in [-0.1, -0.05) is 0 Å². The molecule has 0 radical (unpaired) electrons. The molecule has 1 fully saturated rings. The summed E-state index contributed by atoms with van der Waals surface area (Å²) in [4.78, 5) is 11.0. The number of hydrogen-bond acceptors (Lipinski definition) is 4. The van der Waals surface area contributed by atoms with Gasteiger partial charge in [0, 0.05) is 6.54 Å². The number of piperidine rings is 1. The van der Waals surface area contributed by atoms with Gasteiger partial charge in [-0.3, -0.25) is 8.98 Å². The van der Waals surface area contributed by atoms with Crippen LogP contribution >= 0.6 is 0 Å². The molecule has 0 aliphatic carbocycles. The first kappa shape index (κ1) is 9.47. The van der Waals surface area contributed by atoms with Crippen LogP contribution < -0.4 is 5.32 Å². The van der Waals surface area contributed by atoms with Gasteiger partial charge in [-0.15, -0.1) is 0 Å². The van der Waals surface area contributed by atoms with Crippen molar-refractivity contribution in [3.63, 3.8) is 0 Å². The lowest BCUT2D eigenvalue weighted by Crippen LogP contribution is -2.42. The standard InChI is InChI=1S/C6H11NO4S/c1-12(9,10)11-5-3-2-4-7-6(5)8/h5H,2-4H2,1H3,(H,7,8)/t5-/m0/s1. The molecule has 0 saturated carbocycles. The van der Waals surface area contributed by atoms with Crippen LogP contribution in [0.2, 0.25) is 0 Å². The maximum atomic E-state index is 11.0. The van der Waals surface area contributed by atoms with Crippen molar-refractivity contribution in [2.24, 2.45) is 0 Å². The Labute approximate surface area is 71.2 Å². The molecule has 5 nitrogen and oxygen atoms in total. The van der Waals surface area contributed by atoms with Gasteiger partial charge in [-0.25, -0.2) is 0 Å². The van der Waals surface area contributed by atoms with Crippen LogP contribution in [-0.2, 0) is 19.1 Å². The summed E-state index contributed by atoms with van der Waals surface area (Å²) in [5.74, 6) is -0.341. The highest BCUT2D eigenvalue weighted by Gasteiger charge is 2.25. The third kappa shape index (κ3) is 2.78. The molecule has 0 aromatic rings. The molecule has 6 heteroatoms. The number of carbonyl (C=O) groups excluding carboxylic acids is 1. The van der Waals surface area contributed by atoms with Gasteiger partial charge in [0.15, 0.2) is 6.10 Å². The summed E-state index contributed by atoms with van der Waals surface area (Å²) < 4.78 is 25.8. The first-order valence-electron chi connectivity index (χ1n) is 3.65. The van der Waals surface area contributed by atoms with Gasteiger partial charge in [0.25, 0.3) is 16.0 Å². The van der Waals surface area contributed by atoms with E-state index in [0.717, 1.165) is 12.7 Å². The monoisotopic (exact) mass is 193 g/mol. The van der Waals surface area contributed by atoms with Gasteiger partial charge in [0.2, 0.25) is 0 Å². The summed E-state index contributed by atoms with van der Waals surface area (Å²) >= 11 is 0. The predicted molar refractivity (Wildman–Crippen MR) is 42.0 cm³/mol. The molecule has 1 atom stereocenters. The van der Waals surface area contributed by atoms with E-state index in [9.17, 15) is 13.2 Å². The van der Waals surface area contributed by atoms with Crippen LogP contribution in [0.15, 0.2) is 0 Å². The third-order valence-electron chi connectivity index (χ3n) is 1.53. The fourth-order valence-electron chi connectivity index (χ4n) is 1.05. The van der Waals surface area contributed by atoms with Crippen molar-refractivity contribution >= 4 is 16.0 Å². The molecule has 0 bridgehead atoms. The Hall–Kier alpha value is -0.620. The van der Waals surface area contributed by atoms with Gasteiger partial charge in [-0.05, 0) is 12.8 Å². The van der Waals surface area contributed by atoms with Crippen molar-refractivity contribution in [3.05, 3.63) is 0 Å². The summed E-state index contributed by atoms with van der Waals surface area (Å²) in [5, 5.41) is 2.53. The van der Waals surface area contributed by atoms with E-state index in [1.54, 1.807) is 0 Å². The molecule has 1 heterocycles. The van der Waals surface area contributed by atoms with Crippen molar-refractivity contribution in [1.82, 2.24) is 5.32 Å². The molecular weight excluding hydrogens is 182 g/mol. The molecule has 1 aliphatic heterocycles. The smallest absolute Gasteiger partial charge is 0.265 e. The molecule has 1 N–H and O–H groups in total. The number of carbonyl (C=O) groups is 1. The third-order valence-corrected chi connectivity index (χ3v) is 2.11. The molecule has 0 aromatic heterocycles. The van der Waals surface area contributed by atoms with Crippen LogP contribution in [-0.4, -0.2) is 33.2 Å². The van der Waals surface area contributed by atoms with Gasteiger partial charge in [-0.2, -0.15) is 8.42 Å².